The van der Waals surface area contributed by atoms with Crippen LogP contribution in [0.4, 0.5) is 0 Å². The van der Waals surface area contributed by atoms with Gasteiger partial charge in [-0.25, -0.2) is 4.98 Å². The highest BCUT2D eigenvalue weighted by Gasteiger charge is 2.18. The zero-order chi connectivity index (χ0) is 21.8. The van der Waals surface area contributed by atoms with E-state index < -0.39 is 0 Å². The average Bonchev–Trinajstić information content (AvgIpc) is 3.41. The summed E-state index contributed by atoms with van der Waals surface area (Å²) in [6, 6.07) is 11.1. The number of carbonyl (C=O) groups excluding carboxylic acids is 1. The Bertz CT molecular complexity index is 1090. The minimum Gasteiger partial charge on any atom is -0.486 e. The number of nitrogens with zero attached hydrogens (tertiary/aromatic N) is 2. The largest absolute Gasteiger partial charge is 0.486 e. The molecule has 162 valence electrons. The van der Waals surface area contributed by atoms with Crippen molar-refractivity contribution in [3.63, 3.8) is 0 Å². The number of thioether (sulfide) groups is 1. The molecule has 3 aromatic rings. The van der Waals surface area contributed by atoms with Gasteiger partial charge in [-0.2, -0.15) is 0 Å². The number of hydrogen-bond donors (Lipinski definition) is 2. The van der Waals surface area contributed by atoms with E-state index in [1.807, 2.05) is 38.1 Å². The van der Waals surface area contributed by atoms with Crippen molar-refractivity contribution >= 4 is 29.3 Å². The van der Waals surface area contributed by atoms with E-state index in [2.05, 4.69) is 20.5 Å². The number of ether oxygens (including phenoxy) is 3. The Morgan fingerprint density at radius 1 is 1.29 bits per heavy atom. The molecule has 0 saturated carbocycles. The van der Waals surface area contributed by atoms with Crippen LogP contribution in [-0.4, -0.2) is 33.1 Å². The van der Waals surface area contributed by atoms with E-state index in [1.165, 1.54) is 11.8 Å². The number of halogens is 1. The number of aryl methyl sites for hydroxylation is 1. The van der Waals surface area contributed by atoms with Crippen LogP contribution < -0.4 is 19.5 Å². The topological polar surface area (TPSA) is 98.4 Å². The van der Waals surface area contributed by atoms with Gasteiger partial charge in [0.1, 0.15) is 12.4 Å². The number of aromatic nitrogens is 3. The summed E-state index contributed by atoms with van der Waals surface area (Å²) >= 11 is 7.30. The summed E-state index contributed by atoms with van der Waals surface area (Å²) in [6.45, 7) is 4.58. The van der Waals surface area contributed by atoms with Gasteiger partial charge in [0.05, 0.1) is 5.25 Å². The first-order valence-electron chi connectivity index (χ1n) is 9.61. The third kappa shape index (κ3) is 5.42. The second-order valence-corrected chi connectivity index (χ2v) is 8.64. The van der Waals surface area contributed by atoms with E-state index >= 15 is 0 Å². The molecule has 0 radical (unpaired) electrons. The van der Waals surface area contributed by atoms with Crippen molar-refractivity contribution < 1.29 is 19.0 Å². The number of aromatic amines is 1. The van der Waals surface area contributed by atoms with Gasteiger partial charge in [0, 0.05) is 11.6 Å². The number of benzene rings is 2. The highest BCUT2D eigenvalue weighted by Crippen LogP contribution is 2.32. The third-order valence-corrected chi connectivity index (χ3v) is 5.96. The van der Waals surface area contributed by atoms with Crippen molar-refractivity contribution in [1.29, 1.82) is 0 Å². The van der Waals surface area contributed by atoms with Crippen LogP contribution in [0.1, 0.15) is 23.9 Å². The molecule has 31 heavy (non-hydrogen) atoms. The zero-order valence-electron chi connectivity index (χ0n) is 17.0. The van der Waals surface area contributed by atoms with Gasteiger partial charge in [-0.15, -0.1) is 5.10 Å². The first-order valence-corrected chi connectivity index (χ1v) is 10.9. The van der Waals surface area contributed by atoms with E-state index in [9.17, 15) is 4.79 Å². The predicted molar refractivity (Wildman–Crippen MR) is 117 cm³/mol. The van der Waals surface area contributed by atoms with Crippen molar-refractivity contribution in [3.05, 3.63) is 58.4 Å². The lowest BCUT2D eigenvalue weighted by Crippen LogP contribution is -2.30. The molecule has 1 atom stereocenters. The minimum absolute atomic E-state index is 0.109. The van der Waals surface area contributed by atoms with Crippen LogP contribution in [0.5, 0.6) is 17.2 Å². The maximum absolute atomic E-state index is 12.4. The third-order valence-electron chi connectivity index (χ3n) is 4.57. The quantitative estimate of drug-likeness (QED) is 0.492. The minimum atomic E-state index is -0.363. The summed E-state index contributed by atoms with van der Waals surface area (Å²) < 4.78 is 16.4. The second-order valence-electron chi connectivity index (χ2n) is 6.93. The van der Waals surface area contributed by atoms with Gasteiger partial charge in [0.2, 0.25) is 17.9 Å². The molecule has 2 aromatic carbocycles. The molecule has 0 bridgehead atoms. The molecular formula is C21H21ClN4O4S. The Balaban J connectivity index is 1.25. The van der Waals surface area contributed by atoms with Gasteiger partial charge in [-0.1, -0.05) is 29.4 Å². The maximum Gasteiger partial charge on any atom is 0.233 e. The SMILES string of the molecule is Cc1cc(OCc2nc(S[C@@H](C)C(=O)NCc3ccc4c(c3)OCO4)n[nH]2)ccc1Cl. The number of nitrogens with one attached hydrogen (secondary N) is 2. The normalized spacial score (nSPS) is 13.1. The fourth-order valence-corrected chi connectivity index (χ4v) is 3.73. The van der Waals surface area contributed by atoms with Crippen LogP contribution >= 0.6 is 23.4 Å². The molecule has 10 heteroatoms. The van der Waals surface area contributed by atoms with Crippen molar-refractivity contribution in [3.8, 4) is 17.2 Å². The summed E-state index contributed by atoms with van der Waals surface area (Å²) in [5.74, 6) is 2.57. The van der Waals surface area contributed by atoms with E-state index in [0.29, 0.717) is 34.0 Å². The van der Waals surface area contributed by atoms with Gasteiger partial charge in [-0.3, -0.25) is 9.89 Å². The molecule has 1 amide bonds. The van der Waals surface area contributed by atoms with Crippen LogP contribution in [0.15, 0.2) is 41.6 Å². The van der Waals surface area contributed by atoms with Crippen LogP contribution in [0.2, 0.25) is 5.02 Å². The molecule has 0 aliphatic carbocycles. The fourth-order valence-electron chi connectivity index (χ4n) is 2.85. The molecule has 8 nitrogen and oxygen atoms in total. The molecule has 1 aromatic heterocycles. The highest BCUT2D eigenvalue weighted by molar-refractivity contribution is 8.00. The highest BCUT2D eigenvalue weighted by atomic mass is 35.5. The number of rotatable bonds is 8. The molecule has 1 aliphatic heterocycles. The van der Waals surface area contributed by atoms with E-state index in [-0.39, 0.29) is 24.6 Å². The Kier molecular flexibility index (Phi) is 6.53. The first kappa shape index (κ1) is 21.3. The molecule has 1 aliphatic rings. The Morgan fingerprint density at radius 2 is 2.13 bits per heavy atom. The number of fused-ring (bicyclic) bond motifs is 1. The van der Waals surface area contributed by atoms with Crippen LogP contribution in [0.25, 0.3) is 0 Å². The van der Waals surface area contributed by atoms with Gasteiger partial charge >= 0.3 is 0 Å². The van der Waals surface area contributed by atoms with Gasteiger partial charge in [0.15, 0.2) is 17.3 Å². The summed E-state index contributed by atoms with van der Waals surface area (Å²) in [7, 11) is 0. The predicted octanol–water partition coefficient (Wildman–Crippen LogP) is 3.87. The molecule has 0 fully saturated rings. The van der Waals surface area contributed by atoms with Gasteiger partial charge in [-0.05, 0) is 55.3 Å². The molecule has 2 heterocycles. The lowest BCUT2D eigenvalue weighted by molar-refractivity contribution is -0.120. The van der Waals surface area contributed by atoms with Crippen molar-refractivity contribution in [1.82, 2.24) is 20.5 Å². The summed E-state index contributed by atoms with van der Waals surface area (Å²) in [5, 5.41) is 10.7. The molecule has 0 saturated heterocycles. The van der Waals surface area contributed by atoms with Crippen LogP contribution in [0, 0.1) is 6.92 Å². The lowest BCUT2D eigenvalue weighted by Gasteiger charge is -2.10. The number of amides is 1. The number of carbonyl (C=O) groups is 1. The van der Waals surface area contributed by atoms with Gasteiger partial charge < -0.3 is 19.5 Å². The Morgan fingerprint density at radius 3 is 2.97 bits per heavy atom. The molecular weight excluding hydrogens is 440 g/mol. The van der Waals surface area contributed by atoms with Crippen LogP contribution in [-0.2, 0) is 17.9 Å². The van der Waals surface area contributed by atoms with Crippen molar-refractivity contribution in [2.45, 2.75) is 37.4 Å². The number of H-pyrrole nitrogens is 1. The first-order chi connectivity index (χ1) is 15.0. The van der Waals surface area contributed by atoms with E-state index in [4.69, 9.17) is 25.8 Å². The Hall–Kier alpha value is -2.91. The fraction of sp³-hybridized carbons (Fsp3) is 0.286. The van der Waals surface area contributed by atoms with Crippen molar-refractivity contribution in [2.24, 2.45) is 0 Å². The van der Waals surface area contributed by atoms with E-state index in [1.54, 1.807) is 12.1 Å². The summed E-state index contributed by atoms with van der Waals surface area (Å²) in [5.41, 5.74) is 1.87. The zero-order valence-corrected chi connectivity index (χ0v) is 18.5. The average molecular weight is 461 g/mol. The summed E-state index contributed by atoms with van der Waals surface area (Å²) in [4.78, 5) is 16.8. The molecule has 0 unspecified atom stereocenters. The molecule has 4 rings (SSSR count). The standard InChI is InChI=1S/C21H21ClN4O4S/c1-12-7-15(4-5-16(12)22)28-10-19-24-21(26-25-19)31-13(2)20(27)23-9-14-3-6-17-18(8-14)30-11-29-17/h3-8,13H,9-11H2,1-2H3,(H,23,27)(H,24,25,26)/t13-/m0/s1. The second kappa shape index (κ2) is 9.49. The van der Waals surface area contributed by atoms with Gasteiger partial charge in [0.25, 0.3) is 0 Å². The van der Waals surface area contributed by atoms with E-state index in [0.717, 1.165) is 16.9 Å². The number of hydrogen-bond acceptors (Lipinski definition) is 7. The summed E-state index contributed by atoms with van der Waals surface area (Å²) in [6.07, 6.45) is 0. The molecule has 2 N–H and O–H groups in total. The lowest BCUT2D eigenvalue weighted by atomic mass is 10.2. The Labute approximate surface area is 188 Å². The maximum atomic E-state index is 12.4. The van der Waals surface area contributed by atoms with Crippen molar-refractivity contribution in [2.75, 3.05) is 6.79 Å². The van der Waals surface area contributed by atoms with Crippen LogP contribution in [0.3, 0.4) is 0 Å². The monoisotopic (exact) mass is 460 g/mol. The smallest absolute Gasteiger partial charge is 0.233 e. The molecule has 0 spiro atoms.